The van der Waals surface area contributed by atoms with Gasteiger partial charge in [-0.05, 0) is 61.4 Å². The molecule has 2 N–H and O–H groups in total. The zero-order chi connectivity index (χ0) is 22.3. The number of benzene rings is 2. The number of unbranched alkanes of at least 4 members (excludes halogenated alkanes) is 6. The van der Waals surface area contributed by atoms with Crippen LogP contribution >= 0.6 is 0 Å². The molecule has 0 saturated heterocycles. The molecular formula is C26H36N2O3. The van der Waals surface area contributed by atoms with E-state index in [0.717, 1.165) is 25.7 Å². The van der Waals surface area contributed by atoms with E-state index in [9.17, 15) is 9.59 Å². The second-order valence-electron chi connectivity index (χ2n) is 7.78. The standard InChI is InChI=1S/C26H36N2O3/c1-3-5-7-9-19-27-25(29)21-11-15-23(16-12-21)31-24-17-13-22(14-18-24)26(30)28-20-10-8-6-4-2/h11-18H,3-10,19-20H2,1-2H3,(H,27,29)(H,28,30). The Morgan fingerprint density at radius 1 is 0.613 bits per heavy atom. The molecule has 0 aliphatic carbocycles. The third kappa shape index (κ3) is 9.24. The first-order chi connectivity index (χ1) is 15.1. The van der Waals surface area contributed by atoms with Crippen LogP contribution in [0.25, 0.3) is 0 Å². The van der Waals surface area contributed by atoms with Crippen molar-refractivity contribution in [1.82, 2.24) is 10.6 Å². The third-order valence-corrected chi connectivity index (χ3v) is 5.10. The minimum atomic E-state index is -0.0619. The van der Waals surface area contributed by atoms with E-state index in [4.69, 9.17) is 4.74 Å². The zero-order valence-corrected chi connectivity index (χ0v) is 18.9. The van der Waals surface area contributed by atoms with Gasteiger partial charge in [0.15, 0.2) is 0 Å². The van der Waals surface area contributed by atoms with Crippen molar-refractivity contribution in [3.8, 4) is 11.5 Å². The van der Waals surface area contributed by atoms with Gasteiger partial charge in [-0.15, -0.1) is 0 Å². The monoisotopic (exact) mass is 424 g/mol. The van der Waals surface area contributed by atoms with Crippen molar-refractivity contribution >= 4 is 11.8 Å². The van der Waals surface area contributed by atoms with Crippen molar-refractivity contribution in [3.63, 3.8) is 0 Å². The highest BCUT2D eigenvalue weighted by Crippen LogP contribution is 2.22. The Kier molecular flexibility index (Phi) is 11.2. The molecule has 2 aromatic carbocycles. The van der Waals surface area contributed by atoms with Crippen molar-refractivity contribution in [2.75, 3.05) is 13.1 Å². The van der Waals surface area contributed by atoms with E-state index in [2.05, 4.69) is 24.5 Å². The van der Waals surface area contributed by atoms with Gasteiger partial charge < -0.3 is 15.4 Å². The van der Waals surface area contributed by atoms with E-state index in [-0.39, 0.29) is 11.8 Å². The summed E-state index contributed by atoms with van der Waals surface area (Å²) in [5.74, 6) is 1.17. The summed E-state index contributed by atoms with van der Waals surface area (Å²) in [5.41, 5.74) is 1.24. The molecular weight excluding hydrogens is 388 g/mol. The summed E-state index contributed by atoms with van der Waals surface area (Å²) in [6.07, 6.45) is 9.07. The number of hydrogen-bond donors (Lipinski definition) is 2. The Morgan fingerprint density at radius 2 is 1.00 bits per heavy atom. The molecule has 2 aromatic rings. The minimum Gasteiger partial charge on any atom is -0.457 e. The number of rotatable bonds is 14. The predicted molar refractivity (Wildman–Crippen MR) is 126 cm³/mol. The van der Waals surface area contributed by atoms with E-state index >= 15 is 0 Å². The third-order valence-electron chi connectivity index (χ3n) is 5.10. The van der Waals surface area contributed by atoms with Crippen molar-refractivity contribution < 1.29 is 14.3 Å². The van der Waals surface area contributed by atoms with Crippen LogP contribution in [-0.4, -0.2) is 24.9 Å². The summed E-state index contributed by atoms with van der Waals surface area (Å²) in [6.45, 7) is 5.75. The maximum atomic E-state index is 12.2. The molecule has 0 fully saturated rings. The van der Waals surface area contributed by atoms with Gasteiger partial charge in [0.1, 0.15) is 11.5 Å². The van der Waals surface area contributed by atoms with Crippen LogP contribution in [0.1, 0.15) is 85.9 Å². The van der Waals surface area contributed by atoms with Gasteiger partial charge >= 0.3 is 0 Å². The molecule has 0 aliphatic heterocycles. The summed E-state index contributed by atoms with van der Waals surface area (Å²) in [6, 6.07) is 14.2. The van der Waals surface area contributed by atoms with E-state index in [1.165, 1.54) is 25.7 Å². The molecule has 0 saturated carbocycles. The van der Waals surface area contributed by atoms with Crippen molar-refractivity contribution in [2.45, 2.75) is 65.2 Å². The van der Waals surface area contributed by atoms with Crippen LogP contribution in [0.4, 0.5) is 0 Å². The Morgan fingerprint density at radius 3 is 1.35 bits per heavy atom. The number of carbonyl (C=O) groups excluding carboxylic acids is 2. The van der Waals surface area contributed by atoms with Crippen LogP contribution in [0.5, 0.6) is 11.5 Å². The number of carbonyl (C=O) groups is 2. The van der Waals surface area contributed by atoms with Gasteiger partial charge in [0, 0.05) is 24.2 Å². The normalized spacial score (nSPS) is 10.5. The fraction of sp³-hybridized carbons (Fsp3) is 0.462. The van der Waals surface area contributed by atoms with E-state index in [1.54, 1.807) is 48.5 Å². The lowest BCUT2D eigenvalue weighted by Crippen LogP contribution is -2.24. The molecule has 2 amide bonds. The lowest BCUT2D eigenvalue weighted by atomic mass is 10.1. The van der Waals surface area contributed by atoms with Gasteiger partial charge in [-0.25, -0.2) is 0 Å². The second kappa shape index (κ2) is 14.2. The molecule has 0 heterocycles. The summed E-state index contributed by atoms with van der Waals surface area (Å²) in [4.78, 5) is 24.4. The van der Waals surface area contributed by atoms with Gasteiger partial charge in [-0.2, -0.15) is 0 Å². The topological polar surface area (TPSA) is 67.4 Å². The molecule has 0 atom stereocenters. The maximum Gasteiger partial charge on any atom is 0.251 e. The summed E-state index contributed by atoms with van der Waals surface area (Å²) in [5, 5.41) is 5.90. The van der Waals surface area contributed by atoms with Gasteiger partial charge in [0.2, 0.25) is 0 Å². The first kappa shape index (κ1) is 24.4. The highest BCUT2D eigenvalue weighted by Gasteiger charge is 2.07. The molecule has 5 nitrogen and oxygen atoms in total. The first-order valence-electron chi connectivity index (χ1n) is 11.6. The number of nitrogens with one attached hydrogen (secondary N) is 2. The smallest absolute Gasteiger partial charge is 0.251 e. The fourth-order valence-corrected chi connectivity index (χ4v) is 3.20. The molecule has 31 heavy (non-hydrogen) atoms. The summed E-state index contributed by atoms with van der Waals surface area (Å²) in [7, 11) is 0. The fourth-order valence-electron chi connectivity index (χ4n) is 3.20. The molecule has 0 spiro atoms. The quantitative estimate of drug-likeness (QED) is 0.360. The maximum absolute atomic E-state index is 12.2. The molecule has 5 heteroatoms. The molecule has 0 aromatic heterocycles. The second-order valence-corrected chi connectivity index (χ2v) is 7.78. The van der Waals surface area contributed by atoms with Crippen LogP contribution in [0.3, 0.4) is 0 Å². The van der Waals surface area contributed by atoms with Crippen LogP contribution in [0.15, 0.2) is 48.5 Å². The molecule has 0 unspecified atom stereocenters. The Labute approximate surface area is 186 Å². The molecule has 0 radical (unpaired) electrons. The lowest BCUT2D eigenvalue weighted by Gasteiger charge is -2.09. The SMILES string of the molecule is CCCCCCNC(=O)c1ccc(Oc2ccc(C(=O)NCCCCCC)cc2)cc1. The number of amides is 2. The van der Waals surface area contributed by atoms with Crippen LogP contribution in [0.2, 0.25) is 0 Å². The van der Waals surface area contributed by atoms with Crippen LogP contribution in [-0.2, 0) is 0 Å². The predicted octanol–water partition coefficient (Wildman–Crippen LogP) is 6.10. The van der Waals surface area contributed by atoms with Crippen molar-refractivity contribution in [2.24, 2.45) is 0 Å². The largest absolute Gasteiger partial charge is 0.457 e. The highest BCUT2D eigenvalue weighted by atomic mass is 16.5. The van der Waals surface area contributed by atoms with Gasteiger partial charge in [-0.3, -0.25) is 9.59 Å². The Hall–Kier alpha value is -2.82. The molecule has 0 aliphatic rings. The van der Waals surface area contributed by atoms with Crippen LogP contribution in [0, 0.1) is 0 Å². The Balaban J connectivity index is 1.78. The molecule has 168 valence electrons. The molecule has 2 rings (SSSR count). The van der Waals surface area contributed by atoms with Crippen molar-refractivity contribution in [1.29, 1.82) is 0 Å². The van der Waals surface area contributed by atoms with Gasteiger partial charge in [0.05, 0.1) is 0 Å². The minimum absolute atomic E-state index is 0.0619. The van der Waals surface area contributed by atoms with E-state index < -0.39 is 0 Å². The van der Waals surface area contributed by atoms with Crippen molar-refractivity contribution in [3.05, 3.63) is 59.7 Å². The first-order valence-corrected chi connectivity index (χ1v) is 11.6. The van der Waals surface area contributed by atoms with Crippen LogP contribution < -0.4 is 15.4 Å². The van der Waals surface area contributed by atoms with Gasteiger partial charge in [0.25, 0.3) is 11.8 Å². The van der Waals surface area contributed by atoms with E-state index in [1.807, 2.05) is 0 Å². The number of ether oxygens (including phenoxy) is 1. The highest BCUT2D eigenvalue weighted by molar-refractivity contribution is 5.94. The molecule has 0 bridgehead atoms. The Bertz CT molecular complexity index is 718. The van der Waals surface area contributed by atoms with E-state index in [0.29, 0.717) is 35.7 Å². The lowest BCUT2D eigenvalue weighted by molar-refractivity contribution is 0.0944. The summed E-state index contributed by atoms with van der Waals surface area (Å²) < 4.78 is 5.84. The van der Waals surface area contributed by atoms with Gasteiger partial charge in [-0.1, -0.05) is 52.4 Å². The average molecular weight is 425 g/mol. The summed E-state index contributed by atoms with van der Waals surface area (Å²) >= 11 is 0. The number of hydrogen-bond acceptors (Lipinski definition) is 3. The zero-order valence-electron chi connectivity index (χ0n) is 18.9. The average Bonchev–Trinajstić information content (AvgIpc) is 2.79.